The molecule has 0 aliphatic carbocycles. The first-order chi connectivity index (χ1) is 10.8. The van der Waals surface area contributed by atoms with Crippen LogP contribution >= 0.6 is 11.3 Å². The van der Waals surface area contributed by atoms with Gasteiger partial charge in [-0.3, -0.25) is 0 Å². The van der Waals surface area contributed by atoms with E-state index in [4.69, 9.17) is 0 Å². The van der Waals surface area contributed by atoms with Crippen molar-refractivity contribution < 1.29 is 8.42 Å². The van der Waals surface area contributed by atoms with Crippen molar-refractivity contribution in [3.8, 4) is 0 Å². The van der Waals surface area contributed by atoms with E-state index in [0.29, 0.717) is 29.0 Å². The Morgan fingerprint density at radius 3 is 2.74 bits per heavy atom. The van der Waals surface area contributed by atoms with E-state index in [-0.39, 0.29) is 6.04 Å². The number of aromatic nitrogens is 4. The molecule has 0 unspecified atom stereocenters. The lowest BCUT2D eigenvalue weighted by Gasteiger charge is -2.22. The first-order valence-corrected chi connectivity index (χ1v) is 9.89. The Balaban J connectivity index is 1.91. The van der Waals surface area contributed by atoms with Crippen molar-refractivity contribution >= 4 is 32.3 Å². The summed E-state index contributed by atoms with van der Waals surface area (Å²) in [6.45, 7) is 4.20. The number of hydrogen-bond donors (Lipinski definition) is 1. The minimum absolute atomic E-state index is 0.233. The second-order valence-corrected chi connectivity index (χ2v) is 8.62. The Hall–Kier alpha value is -1.65. The van der Waals surface area contributed by atoms with Gasteiger partial charge < -0.3 is 5.32 Å². The molecule has 0 amide bonds. The second kappa shape index (κ2) is 6.10. The first-order valence-electron chi connectivity index (χ1n) is 7.22. The van der Waals surface area contributed by atoms with Crippen molar-refractivity contribution in [2.75, 3.05) is 18.1 Å². The van der Waals surface area contributed by atoms with Gasteiger partial charge in [0.2, 0.25) is 15.2 Å². The van der Waals surface area contributed by atoms with Gasteiger partial charge >= 0.3 is 0 Å². The summed E-state index contributed by atoms with van der Waals surface area (Å²) in [7, 11) is -3.25. The highest BCUT2D eigenvalue weighted by Crippen LogP contribution is 2.34. The van der Waals surface area contributed by atoms with E-state index < -0.39 is 10.0 Å². The van der Waals surface area contributed by atoms with Gasteiger partial charge in [-0.2, -0.15) is 4.31 Å². The molecule has 1 saturated heterocycles. The van der Waals surface area contributed by atoms with Gasteiger partial charge in [-0.25, -0.2) is 18.4 Å². The smallest absolute Gasteiger partial charge is 0.211 e. The molecule has 0 saturated carbocycles. The largest absolute Gasteiger partial charge is 0.315 e. The van der Waals surface area contributed by atoms with Crippen LogP contribution < -0.4 is 5.32 Å². The molecule has 1 aliphatic heterocycles. The lowest BCUT2D eigenvalue weighted by Crippen LogP contribution is -2.30. The normalized spacial score (nSPS) is 19.2. The molecular formula is C13H18N6O2S2. The number of sulfonamides is 1. The quantitative estimate of drug-likeness (QED) is 0.893. The molecule has 3 heterocycles. The third kappa shape index (κ3) is 3.65. The Morgan fingerprint density at radius 2 is 2.09 bits per heavy atom. The summed E-state index contributed by atoms with van der Waals surface area (Å²) in [4.78, 5) is 8.78. The predicted octanol–water partition coefficient (Wildman–Crippen LogP) is 1.79. The highest BCUT2D eigenvalue weighted by atomic mass is 32.2. The predicted molar refractivity (Wildman–Crippen MR) is 88.2 cm³/mol. The number of hydrogen-bond acceptors (Lipinski definition) is 8. The van der Waals surface area contributed by atoms with Gasteiger partial charge in [0.1, 0.15) is 16.6 Å². The molecule has 1 fully saturated rings. The van der Waals surface area contributed by atoms with E-state index in [9.17, 15) is 8.42 Å². The molecule has 2 aromatic heterocycles. The number of nitrogens with one attached hydrogen (secondary N) is 1. The zero-order chi connectivity index (χ0) is 16.6. The molecular weight excluding hydrogens is 336 g/mol. The Bertz CT molecular complexity index is 820. The fourth-order valence-corrected chi connectivity index (χ4v) is 4.45. The third-order valence-corrected chi connectivity index (χ3v) is 5.63. The molecule has 0 spiro atoms. The van der Waals surface area contributed by atoms with Crippen LogP contribution in [0.2, 0.25) is 0 Å². The van der Waals surface area contributed by atoms with Gasteiger partial charge in [0.05, 0.1) is 18.0 Å². The Morgan fingerprint density at radius 1 is 1.30 bits per heavy atom. The minimum Gasteiger partial charge on any atom is -0.315 e. The summed E-state index contributed by atoms with van der Waals surface area (Å²) in [6.07, 6.45) is 2.84. The van der Waals surface area contributed by atoms with Crippen LogP contribution in [-0.2, 0) is 10.0 Å². The van der Waals surface area contributed by atoms with Crippen molar-refractivity contribution in [2.45, 2.75) is 32.7 Å². The lowest BCUT2D eigenvalue weighted by atomic mass is 10.1. The third-order valence-electron chi connectivity index (χ3n) is 3.59. The maximum atomic E-state index is 11.9. The van der Waals surface area contributed by atoms with E-state index in [1.807, 2.05) is 6.92 Å². The summed E-state index contributed by atoms with van der Waals surface area (Å²) in [5.41, 5.74) is 0.712. The van der Waals surface area contributed by atoms with E-state index in [2.05, 4.69) is 25.5 Å². The number of aryl methyl sites for hydroxylation is 2. The fourth-order valence-electron chi connectivity index (χ4n) is 2.71. The molecule has 0 radical (unpaired) electrons. The number of rotatable bonds is 4. The molecule has 10 heteroatoms. The van der Waals surface area contributed by atoms with E-state index in [0.717, 1.165) is 17.8 Å². The van der Waals surface area contributed by atoms with E-state index in [1.54, 1.807) is 13.0 Å². The van der Waals surface area contributed by atoms with Crippen LogP contribution in [0.25, 0.3) is 0 Å². The topological polar surface area (TPSA) is 101 Å². The molecule has 0 aromatic carbocycles. The van der Waals surface area contributed by atoms with Crippen LogP contribution in [-0.4, -0.2) is 45.7 Å². The second-order valence-electron chi connectivity index (χ2n) is 5.51. The zero-order valence-corrected chi connectivity index (χ0v) is 14.8. The molecule has 8 nitrogen and oxygen atoms in total. The van der Waals surface area contributed by atoms with Crippen molar-refractivity contribution in [3.63, 3.8) is 0 Å². The zero-order valence-electron chi connectivity index (χ0n) is 13.1. The average Bonchev–Trinajstić information content (AvgIpc) is 3.06. The molecule has 3 rings (SSSR count). The fraction of sp³-hybridized carbons (Fsp3) is 0.538. The van der Waals surface area contributed by atoms with Crippen LogP contribution in [0.15, 0.2) is 6.07 Å². The molecule has 23 heavy (non-hydrogen) atoms. The Labute approximate surface area is 139 Å². The lowest BCUT2D eigenvalue weighted by molar-refractivity contribution is 0.393. The monoisotopic (exact) mass is 354 g/mol. The van der Waals surface area contributed by atoms with Crippen LogP contribution in [0.5, 0.6) is 0 Å². The Kier molecular flexibility index (Phi) is 4.30. The average molecular weight is 354 g/mol. The van der Waals surface area contributed by atoms with Crippen molar-refractivity contribution in [3.05, 3.63) is 22.6 Å². The summed E-state index contributed by atoms with van der Waals surface area (Å²) >= 11 is 1.43. The van der Waals surface area contributed by atoms with Gasteiger partial charge in [-0.05, 0) is 26.7 Å². The molecule has 2 aromatic rings. The highest BCUT2D eigenvalue weighted by molar-refractivity contribution is 7.88. The maximum absolute atomic E-state index is 11.9. The van der Waals surface area contributed by atoms with Gasteiger partial charge in [0.15, 0.2) is 0 Å². The van der Waals surface area contributed by atoms with Crippen LogP contribution in [0.4, 0.5) is 10.9 Å². The van der Waals surface area contributed by atoms with Crippen molar-refractivity contribution in [1.29, 1.82) is 0 Å². The summed E-state index contributed by atoms with van der Waals surface area (Å²) < 4.78 is 25.4. The van der Waals surface area contributed by atoms with Gasteiger partial charge in [-0.1, -0.05) is 11.3 Å². The molecule has 1 atom stereocenters. The summed E-state index contributed by atoms with van der Waals surface area (Å²) in [5, 5.41) is 12.6. The molecule has 1 N–H and O–H groups in total. The van der Waals surface area contributed by atoms with E-state index >= 15 is 0 Å². The van der Waals surface area contributed by atoms with Gasteiger partial charge in [0, 0.05) is 12.6 Å². The van der Waals surface area contributed by atoms with E-state index in [1.165, 1.54) is 21.9 Å². The van der Waals surface area contributed by atoms with Crippen LogP contribution in [0.3, 0.4) is 0 Å². The molecule has 124 valence electrons. The summed E-state index contributed by atoms with van der Waals surface area (Å²) in [6, 6.07) is 1.56. The standard InChI is InChI=1S/C13H18N6O2S2/c1-8-14-10(11-5-4-6-19(11)23(3,20)21)7-12(15-8)16-13-18-17-9(2)22-13/h7,11H,4-6H2,1-3H3,(H,14,15,16,18)/t11-/m1/s1. The number of nitrogens with zero attached hydrogens (tertiary/aromatic N) is 5. The highest BCUT2D eigenvalue weighted by Gasteiger charge is 2.33. The van der Waals surface area contributed by atoms with Crippen molar-refractivity contribution in [1.82, 2.24) is 24.5 Å². The van der Waals surface area contributed by atoms with Gasteiger partial charge in [-0.15, -0.1) is 10.2 Å². The van der Waals surface area contributed by atoms with Crippen LogP contribution in [0, 0.1) is 13.8 Å². The van der Waals surface area contributed by atoms with Crippen molar-refractivity contribution in [2.24, 2.45) is 0 Å². The van der Waals surface area contributed by atoms with Gasteiger partial charge in [0.25, 0.3) is 0 Å². The first kappa shape index (κ1) is 16.2. The molecule has 0 bridgehead atoms. The minimum atomic E-state index is -3.25. The summed E-state index contributed by atoms with van der Waals surface area (Å²) in [5.74, 6) is 1.19. The van der Waals surface area contributed by atoms with Crippen LogP contribution in [0.1, 0.15) is 35.4 Å². The SMILES string of the molecule is Cc1nc(Nc2nnc(C)s2)cc([C@H]2CCCN2S(C)(=O)=O)n1. The molecule has 1 aliphatic rings. The maximum Gasteiger partial charge on any atom is 0.211 e. The number of anilines is 2.